The van der Waals surface area contributed by atoms with Crippen molar-refractivity contribution in [2.24, 2.45) is 5.92 Å². The molecule has 4 heterocycles. The van der Waals surface area contributed by atoms with Crippen molar-refractivity contribution in [3.63, 3.8) is 0 Å². The molecule has 1 atom stereocenters. The topological polar surface area (TPSA) is 71.5 Å². The van der Waals surface area contributed by atoms with Crippen molar-refractivity contribution in [2.75, 3.05) is 44.3 Å². The van der Waals surface area contributed by atoms with Gasteiger partial charge in [-0.15, -0.1) is 0 Å². The van der Waals surface area contributed by atoms with Crippen LogP contribution in [0.15, 0.2) is 42.7 Å². The molecule has 0 radical (unpaired) electrons. The number of fused-ring (bicyclic) bond motifs is 1. The van der Waals surface area contributed by atoms with Crippen LogP contribution in [0.3, 0.4) is 0 Å². The van der Waals surface area contributed by atoms with Crippen LogP contribution in [0, 0.1) is 12.8 Å². The van der Waals surface area contributed by atoms with Gasteiger partial charge in [0.05, 0.1) is 13.2 Å². The zero-order chi connectivity index (χ0) is 22.6. The molecule has 3 aromatic rings. The van der Waals surface area contributed by atoms with Crippen LogP contribution in [0.4, 0.5) is 5.95 Å². The molecule has 7 nitrogen and oxygen atoms in total. The second-order valence-corrected chi connectivity index (χ2v) is 9.20. The van der Waals surface area contributed by atoms with Crippen molar-refractivity contribution in [1.29, 1.82) is 0 Å². The van der Waals surface area contributed by atoms with Gasteiger partial charge in [0.15, 0.2) is 0 Å². The molecule has 2 aliphatic heterocycles. The van der Waals surface area contributed by atoms with E-state index in [4.69, 9.17) is 4.74 Å². The van der Waals surface area contributed by atoms with Crippen LogP contribution in [-0.4, -0.2) is 65.2 Å². The van der Waals surface area contributed by atoms with Gasteiger partial charge in [0.1, 0.15) is 5.69 Å². The molecule has 172 valence electrons. The zero-order valence-corrected chi connectivity index (χ0v) is 19.2. The number of ether oxygens (including phenoxy) is 1. The molecule has 2 aromatic heterocycles. The third kappa shape index (κ3) is 5.14. The second-order valence-electron chi connectivity index (χ2n) is 9.20. The molecule has 0 aliphatic carbocycles. The third-order valence-corrected chi connectivity index (χ3v) is 6.55. The largest absolute Gasteiger partial charge is 0.379 e. The molecule has 2 aliphatic rings. The molecule has 1 amide bonds. The number of amides is 1. The predicted molar refractivity (Wildman–Crippen MR) is 128 cm³/mol. The summed E-state index contributed by atoms with van der Waals surface area (Å²) in [5.74, 6) is 0.887. The number of piperidine rings is 1. The average Bonchev–Trinajstić information content (AvgIpc) is 3.09. The molecule has 1 unspecified atom stereocenters. The first kappa shape index (κ1) is 21.8. The van der Waals surface area contributed by atoms with Gasteiger partial charge in [-0.3, -0.25) is 9.78 Å². The lowest BCUT2D eigenvalue weighted by molar-refractivity contribution is 0.0731. The highest BCUT2D eigenvalue weighted by molar-refractivity contribution is 5.92. The van der Waals surface area contributed by atoms with E-state index in [2.05, 4.69) is 38.1 Å². The van der Waals surface area contributed by atoms with Gasteiger partial charge in [-0.1, -0.05) is 12.1 Å². The smallest absolute Gasteiger partial charge is 0.272 e. The first-order valence-electron chi connectivity index (χ1n) is 12.0. The molecule has 5 rings (SSSR count). The molecule has 0 bridgehead atoms. The van der Waals surface area contributed by atoms with Crippen LogP contribution in [0.25, 0.3) is 10.8 Å². The van der Waals surface area contributed by atoms with E-state index in [1.54, 1.807) is 0 Å². The minimum Gasteiger partial charge on any atom is -0.379 e. The summed E-state index contributed by atoms with van der Waals surface area (Å²) in [5.41, 5.74) is 2.56. The number of pyridine rings is 1. The lowest BCUT2D eigenvalue weighted by atomic mass is 9.97. The van der Waals surface area contributed by atoms with E-state index >= 15 is 0 Å². The maximum atomic E-state index is 13.5. The van der Waals surface area contributed by atoms with Gasteiger partial charge in [-0.25, -0.2) is 9.97 Å². The van der Waals surface area contributed by atoms with E-state index in [9.17, 15) is 4.79 Å². The Bertz CT molecular complexity index is 1130. The number of carbonyl (C=O) groups excluding carboxylic acids is 1. The molecular weight excluding hydrogens is 414 g/mol. The second kappa shape index (κ2) is 9.83. The standard InChI is InChI=1S/C26H31N5O2/c1-19-13-24(29-26(28-19)30-9-3-2-4-10-30)25(32)31-11-12-33-18-21(17-31)14-20-5-6-22-7-8-27-16-23(22)15-20/h5-8,13,15-16,21H,2-4,9-12,14,17-18H2,1H3. The summed E-state index contributed by atoms with van der Waals surface area (Å²) in [6.07, 6.45) is 8.12. The number of anilines is 1. The van der Waals surface area contributed by atoms with Crippen molar-refractivity contribution in [1.82, 2.24) is 19.9 Å². The highest BCUT2D eigenvalue weighted by atomic mass is 16.5. The summed E-state index contributed by atoms with van der Waals surface area (Å²) in [4.78, 5) is 31.1. The fourth-order valence-corrected chi connectivity index (χ4v) is 4.84. The van der Waals surface area contributed by atoms with Gasteiger partial charge >= 0.3 is 0 Å². The molecule has 2 saturated heterocycles. The molecule has 1 aromatic carbocycles. The highest BCUT2D eigenvalue weighted by Gasteiger charge is 2.26. The number of rotatable bonds is 4. The number of benzene rings is 1. The van der Waals surface area contributed by atoms with Gasteiger partial charge in [-0.05, 0) is 61.8 Å². The van der Waals surface area contributed by atoms with Gasteiger partial charge < -0.3 is 14.5 Å². The molecule has 33 heavy (non-hydrogen) atoms. The Morgan fingerprint density at radius 2 is 1.94 bits per heavy atom. The summed E-state index contributed by atoms with van der Waals surface area (Å²) >= 11 is 0. The molecule has 0 spiro atoms. The fraction of sp³-hybridized carbons (Fsp3) is 0.462. The molecule has 0 N–H and O–H groups in total. The van der Waals surface area contributed by atoms with Crippen LogP contribution < -0.4 is 4.90 Å². The number of aryl methyl sites for hydroxylation is 1. The number of aromatic nitrogens is 3. The zero-order valence-electron chi connectivity index (χ0n) is 19.2. The van der Waals surface area contributed by atoms with Crippen LogP contribution in [-0.2, 0) is 11.2 Å². The predicted octanol–water partition coefficient (Wildman–Crippen LogP) is 3.65. The minimum atomic E-state index is -0.0306. The summed E-state index contributed by atoms with van der Waals surface area (Å²) in [6, 6.07) is 10.3. The SMILES string of the molecule is Cc1cc(C(=O)N2CCOCC(Cc3ccc4ccncc4c3)C2)nc(N2CCCCC2)n1. The lowest BCUT2D eigenvalue weighted by Gasteiger charge is -2.28. The van der Waals surface area contributed by atoms with Crippen molar-refractivity contribution >= 4 is 22.6 Å². The molecular formula is C26H31N5O2. The Morgan fingerprint density at radius 3 is 2.82 bits per heavy atom. The Kier molecular flexibility index (Phi) is 6.48. The Balaban J connectivity index is 1.32. The van der Waals surface area contributed by atoms with Crippen molar-refractivity contribution in [2.45, 2.75) is 32.6 Å². The summed E-state index contributed by atoms with van der Waals surface area (Å²) in [5, 5.41) is 2.32. The van der Waals surface area contributed by atoms with Gasteiger partial charge in [-0.2, -0.15) is 0 Å². The fourth-order valence-electron chi connectivity index (χ4n) is 4.84. The molecule has 7 heteroatoms. The van der Waals surface area contributed by atoms with Crippen LogP contribution in [0.5, 0.6) is 0 Å². The van der Waals surface area contributed by atoms with E-state index in [0.29, 0.717) is 37.9 Å². The van der Waals surface area contributed by atoms with Crippen LogP contribution in [0.2, 0.25) is 0 Å². The summed E-state index contributed by atoms with van der Waals surface area (Å²) in [7, 11) is 0. The average molecular weight is 446 g/mol. The highest BCUT2D eigenvalue weighted by Crippen LogP contribution is 2.21. The number of hydrogen-bond acceptors (Lipinski definition) is 6. The minimum absolute atomic E-state index is 0.0306. The Hall–Kier alpha value is -3.06. The van der Waals surface area contributed by atoms with Crippen molar-refractivity contribution in [3.05, 3.63) is 59.7 Å². The van der Waals surface area contributed by atoms with E-state index in [-0.39, 0.29) is 11.8 Å². The normalized spacial score (nSPS) is 19.5. The Labute approximate surface area is 194 Å². The van der Waals surface area contributed by atoms with Gasteiger partial charge in [0, 0.05) is 55.6 Å². The maximum Gasteiger partial charge on any atom is 0.272 e. The molecule has 2 fully saturated rings. The Morgan fingerprint density at radius 1 is 1.06 bits per heavy atom. The quantitative estimate of drug-likeness (QED) is 0.610. The maximum absolute atomic E-state index is 13.5. The first-order valence-corrected chi connectivity index (χ1v) is 12.0. The van der Waals surface area contributed by atoms with E-state index in [1.165, 1.54) is 17.4 Å². The van der Waals surface area contributed by atoms with Gasteiger partial charge in [0.2, 0.25) is 5.95 Å². The number of nitrogens with zero attached hydrogens (tertiary/aromatic N) is 5. The molecule has 0 saturated carbocycles. The van der Waals surface area contributed by atoms with E-state index in [1.807, 2.05) is 36.4 Å². The number of hydrogen-bond donors (Lipinski definition) is 0. The van der Waals surface area contributed by atoms with Gasteiger partial charge in [0.25, 0.3) is 5.91 Å². The number of carbonyl (C=O) groups is 1. The third-order valence-electron chi connectivity index (χ3n) is 6.55. The first-order chi connectivity index (χ1) is 16.2. The summed E-state index contributed by atoms with van der Waals surface area (Å²) in [6.45, 7) is 6.29. The summed E-state index contributed by atoms with van der Waals surface area (Å²) < 4.78 is 5.88. The van der Waals surface area contributed by atoms with E-state index < -0.39 is 0 Å². The van der Waals surface area contributed by atoms with Crippen molar-refractivity contribution < 1.29 is 9.53 Å². The van der Waals surface area contributed by atoms with Crippen LogP contribution in [0.1, 0.15) is 41.0 Å². The van der Waals surface area contributed by atoms with E-state index in [0.717, 1.165) is 43.4 Å². The van der Waals surface area contributed by atoms with Crippen molar-refractivity contribution in [3.8, 4) is 0 Å². The monoisotopic (exact) mass is 445 g/mol. The lowest BCUT2D eigenvalue weighted by Crippen LogP contribution is -2.37. The van der Waals surface area contributed by atoms with Crippen LogP contribution >= 0.6 is 0 Å².